The van der Waals surface area contributed by atoms with Crippen molar-refractivity contribution in [3.63, 3.8) is 0 Å². The third-order valence-corrected chi connectivity index (χ3v) is 3.69. The van der Waals surface area contributed by atoms with Crippen LogP contribution in [0.15, 0.2) is 23.2 Å². The van der Waals surface area contributed by atoms with Gasteiger partial charge < -0.3 is 11.1 Å². The Morgan fingerprint density at radius 2 is 2.05 bits per heavy atom. The summed E-state index contributed by atoms with van der Waals surface area (Å²) >= 11 is 0. The number of halogens is 3. The zero-order chi connectivity index (χ0) is 15.2. The van der Waals surface area contributed by atoms with Crippen molar-refractivity contribution in [1.82, 2.24) is 4.72 Å². The molecule has 1 rings (SSSR count). The Morgan fingerprint density at radius 3 is 2.67 bits per heavy atom. The molecule has 0 saturated carbocycles. The molecule has 4 N–H and O–H groups in total. The van der Waals surface area contributed by atoms with Gasteiger partial charge in [0.1, 0.15) is 11.6 Å². The zero-order valence-corrected chi connectivity index (χ0v) is 14.4. The first-order chi connectivity index (χ1) is 9.34. The summed E-state index contributed by atoms with van der Waals surface area (Å²) in [6.07, 6.45) is 0. The summed E-state index contributed by atoms with van der Waals surface area (Å²) in [6, 6.07) is 2.88. The largest absolute Gasteiger partial charge is 0.370 e. The molecule has 0 atom stereocenters. The number of guanidine groups is 1. The maximum absolute atomic E-state index is 13.3. The molecule has 0 aliphatic heterocycles. The minimum Gasteiger partial charge on any atom is -0.370 e. The first-order valence-corrected chi connectivity index (χ1v) is 7.48. The fourth-order valence-electron chi connectivity index (χ4n) is 1.25. The summed E-state index contributed by atoms with van der Waals surface area (Å²) in [5.74, 6) is -1.45. The van der Waals surface area contributed by atoms with E-state index in [4.69, 9.17) is 5.73 Å². The van der Waals surface area contributed by atoms with E-state index in [0.717, 1.165) is 18.2 Å². The van der Waals surface area contributed by atoms with E-state index in [1.807, 2.05) is 0 Å². The van der Waals surface area contributed by atoms with Crippen LogP contribution in [0, 0.1) is 11.6 Å². The smallest absolute Gasteiger partial charge is 0.211 e. The van der Waals surface area contributed by atoms with Crippen LogP contribution in [0.2, 0.25) is 0 Å². The van der Waals surface area contributed by atoms with Crippen LogP contribution in [0.25, 0.3) is 0 Å². The second-order valence-corrected chi connectivity index (χ2v) is 5.91. The molecule has 0 heterocycles. The Labute approximate surface area is 139 Å². The molecule has 120 valence electrons. The van der Waals surface area contributed by atoms with Crippen molar-refractivity contribution in [1.29, 1.82) is 0 Å². The van der Waals surface area contributed by atoms with Crippen LogP contribution in [0.3, 0.4) is 0 Å². The van der Waals surface area contributed by atoms with Crippen LogP contribution < -0.4 is 15.8 Å². The van der Waals surface area contributed by atoms with Gasteiger partial charge in [-0.15, -0.1) is 24.0 Å². The molecule has 1 aromatic rings. The van der Waals surface area contributed by atoms with Crippen molar-refractivity contribution in [2.45, 2.75) is 6.92 Å². The van der Waals surface area contributed by atoms with Crippen LogP contribution >= 0.6 is 24.0 Å². The summed E-state index contributed by atoms with van der Waals surface area (Å²) in [6.45, 7) is 1.66. The van der Waals surface area contributed by atoms with E-state index in [9.17, 15) is 17.2 Å². The standard InChI is InChI=1S/C11H16F2N4O2S.HI/c1-2-20(18,19)16-6-5-15-11(14)17-10-7-8(12)3-4-9(10)13;/h3-4,7,16H,2,5-6H2,1H3,(H3,14,15,17);1H. The molecule has 0 bridgehead atoms. The second kappa shape index (κ2) is 9.10. The van der Waals surface area contributed by atoms with E-state index in [0.29, 0.717) is 0 Å². The monoisotopic (exact) mass is 434 g/mol. The van der Waals surface area contributed by atoms with E-state index < -0.39 is 21.7 Å². The first kappa shape index (κ1) is 20.0. The molecule has 0 aliphatic carbocycles. The number of benzene rings is 1. The lowest BCUT2D eigenvalue weighted by molar-refractivity contribution is 0.583. The Morgan fingerprint density at radius 1 is 1.38 bits per heavy atom. The van der Waals surface area contributed by atoms with Crippen LogP contribution in [0.4, 0.5) is 14.5 Å². The molecule has 0 saturated heterocycles. The van der Waals surface area contributed by atoms with Gasteiger partial charge in [-0.3, -0.25) is 4.99 Å². The zero-order valence-electron chi connectivity index (χ0n) is 11.3. The summed E-state index contributed by atoms with van der Waals surface area (Å²) in [5.41, 5.74) is 5.34. The van der Waals surface area contributed by atoms with E-state index >= 15 is 0 Å². The van der Waals surface area contributed by atoms with Crippen LogP contribution in [-0.4, -0.2) is 33.2 Å². The quantitative estimate of drug-likeness (QED) is 0.272. The van der Waals surface area contributed by atoms with Gasteiger partial charge in [0.2, 0.25) is 10.0 Å². The highest BCUT2D eigenvalue weighted by Crippen LogP contribution is 2.14. The minimum absolute atomic E-state index is 0. The lowest BCUT2D eigenvalue weighted by atomic mass is 10.3. The van der Waals surface area contributed by atoms with Gasteiger partial charge in [0, 0.05) is 12.6 Å². The number of rotatable bonds is 6. The molecule has 0 radical (unpaired) electrons. The fraction of sp³-hybridized carbons (Fsp3) is 0.364. The van der Waals surface area contributed by atoms with Gasteiger partial charge >= 0.3 is 0 Å². The number of nitrogens with one attached hydrogen (secondary N) is 2. The molecule has 0 aromatic heterocycles. The second-order valence-electron chi connectivity index (χ2n) is 3.81. The summed E-state index contributed by atoms with van der Waals surface area (Å²) < 4.78 is 50.7. The number of sulfonamides is 1. The summed E-state index contributed by atoms with van der Waals surface area (Å²) in [7, 11) is -3.28. The lowest BCUT2D eigenvalue weighted by Gasteiger charge is -2.07. The first-order valence-electron chi connectivity index (χ1n) is 5.83. The predicted octanol–water partition coefficient (Wildman–Crippen LogP) is 1.25. The van der Waals surface area contributed by atoms with Crippen LogP contribution in [0.1, 0.15) is 6.92 Å². The van der Waals surface area contributed by atoms with Gasteiger partial charge in [-0.25, -0.2) is 21.9 Å². The molecule has 6 nitrogen and oxygen atoms in total. The fourth-order valence-corrected chi connectivity index (χ4v) is 1.86. The lowest BCUT2D eigenvalue weighted by Crippen LogP contribution is -2.29. The molecule has 0 aliphatic rings. The number of anilines is 1. The highest BCUT2D eigenvalue weighted by molar-refractivity contribution is 14.0. The average molecular weight is 434 g/mol. The van der Waals surface area contributed by atoms with Gasteiger partial charge in [-0.2, -0.15) is 0 Å². The van der Waals surface area contributed by atoms with Crippen molar-refractivity contribution in [2.24, 2.45) is 10.7 Å². The Hall–Kier alpha value is -1.01. The normalized spacial score (nSPS) is 11.9. The molecule has 1 aromatic carbocycles. The molecular weight excluding hydrogens is 417 g/mol. The topological polar surface area (TPSA) is 96.6 Å². The minimum atomic E-state index is -3.28. The van der Waals surface area contributed by atoms with Crippen molar-refractivity contribution < 1.29 is 17.2 Å². The van der Waals surface area contributed by atoms with Crippen molar-refractivity contribution in [2.75, 3.05) is 24.2 Å². The molecular formula is C11H17F2IN4O2S. The van der Waals surface area contributed by atoms with E-state index in [-0.39, 0.29) is 54.5 Å². The third-order valence-electron chi connectivity index (χ3n) is 2.29. The van der Waals surface area contributed by atoms with Gasteiger partial charge in [0.05, 0.1) is 18.0 Å². The van der Waals surface area contributed by atoms with E-state index in [2.05, 4.69) is 15.0 Å². The Kier molecular flexibility index (Phi) is 8.66. The van der Waals surface area contributed by atoms with Crippen LogP contribution in [0.5, 0.6) is 0 Å². The van der Waals surface area contributed by atoms with Gasteiger partial charge in [0.15, 0.2) is 5.96 Å². The molecule has 0 unspecified atom stereocenters. The highest BCUT2D eigenvalue weighted by Gasteiger charge is 2.06. The molecule has 21 heavy (non-hydrogen) atoms. The van der Waals surface area contributed by atoms with Gasteiger partial charge in [0.25, 0.3) is 0 Å². The SMILES string of the molecule is CCS(=O)(=O)NCCN=C(N)Nc1cc(F)ccc1F.I. The van der Waals surface area contributed by atoms with E-state index in [1.54, 1.807) is 0 Å². The predicted molar refractivity (Wildman–Crippen MR) is 89.3 cm³/mol. The maximum Gasteiger partial charge on any atom is 0.211 e. The Bertz CT molecular complexity index is 596. The van der Waals surface area contributed by atoms with Crippen molar-refractivity contribution in [3.05, 3.63) is 29.8 Å². The summed E-state index contributed by atoms with van der Waals surface area (Å²) in [5, 5.41) is 2.40. The molecule has 10 heteroatoms. The Balaban J connectivity index is 0.00000400. The van der Waals surface area contributed by atoms with Crippen LogP contribution in [-0.2, 0) is 10.0 Å². The maximum atomic E-state index is 13.3. The van der Waals surface area contributed by atoms with Crippen molar-refractivity contribution in [3.8, 4) is 0 Å². The molecule has 0 fully saturated rings. The molecule has 0 amide bonds. The number of nitrogens with two attached hydrogens (primary N) is 1. The summed E-state index contributed by atoms with van der Waals surface area (Å²) in [4.78, 5) is 3.79. The number of hydrogen-bond acceptors (Lipinski definition) is 3. The van der Waals surface area contributed by atoms with Crippen molar-refractivity contribution >= 4 is 45.6 Å². The molecule has 0 spiro atoms. The number of aliphatic imine (C=N–C) groups is 1. The third kappa shape index (κ3) is 7.52. The van der Waals surface area contributed by atoms with E-state index in [1.165, 1.54) is 6.92 Å². The number of hydrogen-bond donors (Lipinski definition) is 3. The average Bonchev–Trinajstić information content (AvgIpc) is 2.39. The van der Waals surface area contributed by atoms with Gasteiger partial charge in [-0.1, -0.05) is 0 Å². The highest BCUT2D eigenvalue weighted by atomic mass is 127. The van der Waals surface area contributed by atoms with Gasteiger partial charge in [-0.05, 0) is 19.1 Å². The number of nitrogens with zero attached hydrogens (tertiary/aromatic N) is 1.